The minimum atomic E-state index is -0.556. The average molecular weight is 474 g/mol. The topological polar surface area (TPSA) is 0 Å². The van der Waals surface area contributed by atoms with E-state index in [1.54, 1.807) is 0 Å². The van der Waals surface area contributed by atoms with Crippen molar-refractivity contribution in [2.45, 2.75) is 34.6 Å². The fraction of sp³-hybridized carbons (Fsp3) is 0.615. The molecule has 0 spiro atoms. The quantitative estimate of drug-likeness (QED) is 0.395. The Kier molecular flexibility index (Phi) is 14.2. The molecule has 0 atom stereocenters. The molecule has 5 radical (unpaired) electrons. The Hall–Kier alpha value is 1.66. The molecule has 0 aromatic carbocycles. The molecule has 0 bridgehead atoms. The van der Waals surface area contributed by atoms with Crippen LogP contribution in [0, 0.1) is 29.6 Å². The van der Waals surface area contributed by atoms with Crippen LogP contribution in [-0.4, -0.2) is 20.0 Å². The van der Waals surface area contributed by atoms with Crippen molar-refractivity contribution < 1.29 is 15.7 Å². The van der Waals surface area contributed by atoms with E-state index in [0.717, 1.165) is 0 Å². The fourth-order valence-corrected chi connectivity index (χ4v) is 1.41. The van der Waals surface area contributed by atoms with E-state index in [4.69, 9.17) is 19.2 Å². The summed E-state index contributed by atoms with van der Waals surface area (Å²) in [6.45, 7) is 17.7. The molecule has 1 saturated carbocycles. The van der Waals surface area contributed by atoms with Gasteiger partial charge in [-0.15, -0.1) is 7.92 Å². The standard InChI is InChI=1S/C10H15.C3H9P.2ClH.Ir/c1-6-7(2)9(4)10(5)8(6)3;1-4(2)3;;;/h1-5H3;1-3H3;2*1H;/q;;;;+3/p-2. The Morgan fingerprint density at radius 1 is 0.647 bits per heavy atom. The SMILES string of the molecule is CP(C)C.C[C]1[C](C)[C](C)[C](C)[C]1C.[Cl][Ir+][Cl]. The zero-order valence-corrected chi connectivity index (χ0v) is 16.8. The van der Waals surface area contributed by atoms with Crippen molar-refractivity contribution in [3.63, 3.8) is 0 Å². The van der Waals surface area contributed by atoms with Gasteiger partial charge in [-0.25, -0.2) is 0 Å². The van der Waals surface area contributed by atoms with Crippen LogP contribution in [0.15, 0.2) is 0 Å². The van der Waals surface area contributed by atoms with Crippen LogP contribution in [0.2, 0.25) is 0 Å². The van der Waals surface area contributed by atoms with E-state index in [0.29, 0.717) is 7.92 Å². The third-order valence-electron chi connectivity index (χ3n) is 2.81. The van der Waals surface area contributed by atoms with Gasteiger partial charge < -0.3 is 0 Å². The molecular weight excluding hydrogens is 450 g/mol. The van der Waals surface area contributed by atoms with Gasteiger partial charge in [-0.2, -0.15) is 0 Å². The fourth-order valence-electron chi connectivity index (χ4n) is 1.41. The average Bonchev–Trinajstić information content (AvgIpc) is 2.37. The number of hydrogen-bond donors (Lipinski definition) is 0. The minimum absolute atomic E-state index is 0.380. The summed E-state index contributed by atoms with van der Waals surface area (Å²) in [6, 6.07) is 0. The zero-order chi connectivity index (χ0) is 14.2. The van der Waals surface area contributed by atoms with Crippen LogP contribution in [0.25, 0.3) is 0 Å². The molecule has 0 aliphatic heterocycles. The van der Waals surface area contributed by atoms with Gasteiger partial charge in [0.05, 0.1) is 0 Å². The second-order valence-corrected chi connectivity index (χ2v) is 10.7. The zero-order valence-electron chi connectivity index (χ0n) is 12.0. The van der Waals surface area contributed by atoms with Gasteiger partial charge in [-0.3, -0.25) is 0 Å². The molecule has 1 aliphatic rings. The molecule has 0 heterocycles. The maximum atomic E-state index is 4.89. The summed E-state index contributed by atoms with van der Waals surface area (Å²) in [5, 5.41) is 0. The summed E-state index contributed by atoms with van der Waals surface area (Å²) in [5.74, 6) is 7.34. The first-order valence-electron chi connectivity index (χ1n) is 5.34. The summed E-state index contributed by atoms with van der Waals surface area (Å²) in [7, 11) is 10.2. The van der Waals surface area contributed by atoms with Crippen molar-refractivity contribution in [2.24, 2.45) is 0 Å². The monoisotopic (exact) mass is 474 g/mol. The van der Waals surface area contributed by atoms with E-state index < -0.39 is 15.7 Å². The van der Waals surface area contributed by atoms with Crippen LogP contribution in [0.4, 0.5) is 0 Å². The van der Waals surface area contributed by atoms with Crippen LogP contribution in [0.5, 0.6) is 0 Å². The second-order valence-electron chi connectivity index (χ2n) is 4.51. The van der Waals surface area contributed by atoms with Crippen LogP contribution in [0.3, 0.4) is 0 Å². The van der Waals surface area contributed by atoms with Crippen LogP contribution in [-0.2, 0) is 15.7 Å². The van der Waals surface area contributed by atoms with E-state index in [2.05, 4.69) is 54.6 Å². The van der Waals surface area contributed by atoms with Gasteiger partial charge in [-0.05, 0) is 49.6 Å². The summed E-state index contributed by atoms with van der Waals surface area (Å²) < 4.78 is 0. The van der Waals surface area contributed by atoms with E-state index in [9.17, 15) is 0 Å². The summed E-state index contributed by atoms with van der Waals surface area (Å²) in [6.07, 6.45) is 0. The number of hydrogen-bond acceptors (Lipinski definition) is 0. The van der Waals surface area contributed by atoms with E-state index in [-0.39, 0.29) is 0 Å². The van der Waals surface area contributed by atoms with Gasteiger partial charge in [0, 0.05) is 0 Å². The molecule has 0 amide bonds. The van der Waals surface area contributed by atoms with Crippen LogP contribution < -0.4 is 0 Å². The Bertz CT molecular complexity index is 131. The first-order chi connectivity index (χ1) is 7.70. The molecule has 4 heteroatoms. The van der Waals surface area contributed by atoms with Gasteiger partial charge in [0.2, 0.25) is 0 Å². The molecule has 103 valence electrons. The van der Waals surface area contributed by atoms with Gasteiger partial charge >= 0.3 is 34.8 Å². The molecular formula is C13H24Cl2IrP+. The van der Waals surface area contributed by atoms with E-state index in [1.807, 2.05) is 0 Å². The first kappa shape index (κ1) is 21.0. The third-order valence-corrected chi connectivity index (χ3v) is 2.81. The molecule has 0 N–H and O–H groups in total. The third kappa shape index (κ3) is 9.23. The molecule has 1 aliphatic carbocycles. The van der Waals surface area contributed by atoms with Crippen molar-refractivity contribution in [1.29, 1.82) is 0 Å². The normalized spacial score (nSPS) is 20.2. The molecule has 1 fully saturated rings. The van der Waals surface area contributed by atoms with Crippen molar-refractivity contribution >= 4 is 27.1 Å². The van der Waals surface area contributed by atoms with E-state index >= 15 is 0 Å². The van der Waals surface area contributed by atoms with E-state index in [1.165, 1.54) is 29.6 Å². The van der Waals surface area contributed by atoms with Crippen LogP contribution in [0.1, 0.15) is 34.6 Å². The van der Waals surface area contributed by atoms with Crippen molar-refractivity contribution in [1.82, 2.24) is 0 Å². The molecule has 0 saturated heterocycles. The molecule has 0 unspecified atom stereocenters. The Labute approximate surface area is 126 Å². The molecule has 17 heavy (non-hydrogen) atoms. The van der Waals surface area contributed by atoms with Gasteiger partial charge in [0.25, 0.3) is 0 Å². The van der Waals surface area contributed by atoms with Crippen molar-refractivity contribution in [3.8, 4) is 0 Å². The molecule has 0 aromatic heterocycles. The first-order valence-corrected chi connectivity index (χ1v) is 14.0. The molecule has 0 aromatic rings. The van der Waals surface area contributed by atoms with Gasteiger partial charge in [0.1, 0.15) is 0 Å². The maximum absolute atomic E-state index is 4.89. The molecule has 1 rings (SSSR count). The Morgan fingerprint density at radius 3 is 0.765 bits per heavy atom. The predicted molar refractivity (Wildman–Crippen MR) is 81.0 cm³/mol. The Balaban J connectivity index is 0. The number of rotatable bonds is 0. The van der Waals surface area contributed by atoms with Crippen molar-refractivity contribution in [3.05, 3.63) is 29.6 Å². The summed E-state index contributed by atoms with van der Waals surface area (Å²) in [4.78, 5) is 0. The predicted octanol–water partition coefficient (Wildman–Crippen LogP) is 5.71. The summed E-state index contributed by atoms with van der Waals surface area (Å²) >= 11 is -0.556. The molecule has 0 nitrogen and oxygen atoms in total. The van der Waals surface area contributed by atoms with Crippen molar-refractivity contribution in [2.75, 3.05) is 20.0 Å². The van der Waals surface area contributed by atoms with Crippen LogP contribution >= 0.6 is 27.1 Å². The summed E-state index contributed by atoms with van der Waals surface area (Å²) in [5.41, 5.74) is 0. The Morgan fingerprint density at radius 2 is 0.706 bits per heavy atom. The number of halogens is 2. The second kappa shape index (κ2) is 11.5. The van der Waals surface area contributed by atoms with Gasteiger partial charge in [-0.1, -0.05) is 34.6 Å². The van der Waals surface area contributed by atoms with Gasteiger partial charge in [0.15, 0.2) is 0 Å².